The lowest BCUT2D eigenvalue weighted by Crippen LogP contribution is -2.46. The van der Waals surface area contributed by atoms with Gasteiger partial charge in [-0.2, -0.15) is 0 Å². The predicted molar refractivity (Wildman–Crippen MR) is 138 cm³/mol. The van der Waals surface area contributed by atoms with E-state index in [4.69, 9.17) is 21.5 Å². The van der Waals surface area contributed by atoms with Crippen LogP contribution in [0.5, 0.6) is 0 Å². The molecule has 0 saturated carbocycles. The molecule has 158 valence electrons. The van der Waals surface area contributed by atoms with E-state index in [9.17, 15) is 0 Å². The summed E-state index contributed by atoms with van der Waals surface area (Å²) in [5.41, 5.74) is 1.86. The van der Waals surface area contributed by atoms with E-state index >= 15 is 0 Å². The Bertz CT molecular complexity index is 976. The molecular weight excluding hydrogens is 420 g/mol. The summed E-state index contributed by atoms with van der Waals surface area (Å²) in [5, 5.41) is 2.31. The Kier molecular flexibility index (Phi) is 6.07. The number of anilines is 1. The van der Waals surface area contributed by atoms with Gasteiger partial charge in [0, 0.05) is 0 Å². The molecule has 1 aliphatic heterocycles. The van der Waals surface area contributed by atoms with E-state index in [-0.39, 0.29) is 0 Å². The van der Waals surface area contributed by atoms with Crippen molar-refractivity contribution in [3.05, 3.63) is 91.0 Å². The Morgan fingerprint density at radius 1 is 0.710 bits per heavy atom. The minimum absolute atomic E-state index is 0.462. The average Bonchev–Trinajstić information content (AvgIpc) is 3.00. The third kappa shape index (κ3) is 3.74. The second-order valence-corrected chi connectivity index (χ2v) is 12.2. The van der Waals surface area contributed by atoms with Gasteiger partial charge in [0.15, 0.2) is 7.29 Å². The lowest BCUT2D eigenvalue weighted by molar-refractivity contribution is 0.00578. The first-order valence-electron chi connectivity index (χ1n) is 10.5. The maximum Gasteiger partial charge on any atom is 0.705 e. The van der Waals surface area contributed by atoms with Crippen molar-refractivity contribution >= 4 is 48.1 Å². The molecule has 1 saturated heterocycles. The number of nitrogens with zero attached hydrogens (tertiary/aromatic N) is 1. The van der Waals surface area contributed by atoms with E-state index in [0.29, 0.717) is 0 Å². The number of benzene rings is 3. The number of hydrogen-bond donors (Lipinski definition) is 0. The maximum absolute atomic E-state index is 6.76. The normalized spacial score (nSPS) is 17.4. The fraction of sp³-hybridized carbons (Fsp3) is 0.240. The van der Waals surface area contributed by atoms with Gasteiger partial charge < -0.3 is 9.31 Å². The number of thiocarbonyl (C=S) groups is 1. The van der Waals surface area contributed by atoms with Gasteiger partial charge in [0.1, 0.15) is 16.1 Å². The minimum Gasteiger partial charge on any atom is -0.365 e. The van der Waals surface area contributed by atoms with E-state index in [1.807, 2.05) is 30.3 Å². The van der Waals surface area contributed by atoms with Crippen LogP contribution >= 0.6 is 19.5 Å². The number of hydrogen-bond acceptors (Lipinski definition) is 3. The molecule has 0 radical (unpaired) electrons. The van der Waals surface area contributed by atoms with Crippen LogP contribution in [0.1, 0.15) is 27.7 Å². The highest BCUT2D eigenvalue weighted by molar-refractivity contribution is 8.14. The third-order valence-electron chi connectivity index (χ3n) is 6.31. The van der Waals surface area contributed by atoms with Crippen LogP contribution in [0.3, 0.4) is 0 Å². The molecule has 0 aromatic heterocycles. The van der Waals surface area contributed by atoms with Crippen molar-refractivity contribution in [3.8, 4) is 0 Å². The van der Waals surface area contributed by atoms with Crippen molar-refractivity contribution < 1.29 is 9.31 Å². The van der Waals surface area contributed by atoms with Crippen molar-refractivity contribution in [2.45, 2.75) is 38.9 Å². The maximum atomic E-state index is 6.76. The van der Waals surface area contributed by atoms with Crippen molar-refractivity contribution in [1.29, 1.82) is 0 Å². The first-order valence-corrected chi connectivity index (χ1v) is 12.8. The summed E-state index contributed by atoms with van der Waals surface area (Å²) in [4.78, 5) is 0. The van der Waals surface area contributed by atoms with E-state index in [1.54, 1.807) is 5.49 Å². The van der Waals surface area contributed by atoms with E-state index < -0.39 is 25.3 Å². The van der Waals surface area contributed by atoms with Crippen molar-refractivity contribution in [3.63, 3.8) is 0 Å². The summed E-state index contributed by atoms with van der Waals surface area (Å²) in [5.74, 6) is 0. The van der Waals surface area contributed by atoms with Gasteiger partial charge in [-0.25, -0.2) is 4.67 Å². The van der Waals surface area contributed by atoms with Crippen LogP contribution in [0.2, 0.25) is 0 Å². The molecule has 3 aromatic rings. The molecule has 0 N–H and O–H groups in total. The van der Waals surface area contributed by atoms with Crippen LogP contribution in [-0.2, 0) is 9.31 Å². The first kappa shape index (κ1) is 22.2. The van der Waals surface area contributed by atoms with Gasteiger partial charge in [0.2, 0.25) is 0 Å². The van der Waals surface area contributed by atoms with Gasteiger partial charge in [-0.1, -0.05) is 66.8 Å². The fourth-order valence-corrected chi connectivity index (χ4v) is 8.70. The molecule has 0 aliphatic carbocycles. The molecule has 0 atom stereocenters. The zero-order chi connectivity index (χ0) is 22.1. The second kappa shape index (κ2) is 8.48. The lowest BCUT2D eigenvalue weighted by Gasteiger charge is -2.36. The molecule has 3 nitrogen and oxygen atoms in total. The van der Waals surface area contributed by atoms with E-state index in [2.05, 4.69) is 93.0 Å². The van der Waals surface area contributed by atoms with Gasteiger partial charge in [-0.3, -0.25) is 0 Å². The van der Waals surface area contributed by atoms with Crippen molar-refractivity contribution in [2.75, 3.05) is 4.67 Å². The zero-order valence-electron chi connectivity index (χ0n) is 18.4. The van der Waals surface area contributed by atoms with Crippen molar-refractivity contribution in [2.24, 2.45) is 0 Å². The van der Waals surface area contributed by atoms with Crippen LogP contribution < -0.4 is 15.3 Å². The molecule has 1 fully saturated rings. The summed E-state index contributed by atoms with van der Waals surface area (Å²) in [6, 6.07) is 31.3. The molecule has 3 aromatic carbocycles. The standard InChI is InChI=1S/C25H28BNO2PS/c1-24(2)25(3,4)29-26(28-24)30(22-16-10-6-11-17-22,23-18-12-7-13-19-23)27(20-31)21-14-8-5-9-15-21/h5-20H,1-4H3/q+1. The molecule has 0 amide bonds. The number of para-hydroxylation sites is 1. The van der Waals surface area contributed by atoms with Gasteiger partial charge in [0.05, 0.1) is 16.9 Å². The van der Waals surface area contributed by atoms with Crippen LogP contribution in [0.4, 0.5) is 5.69 Å². The Morgan fingerprint density at radius 3 is 1.48 bits per heavy atom. The Morgan fingerprint density at radius 2 is 1.10 bits per heavy atom. The molecule has 6 heteroatoms. The van der Waals surface area contributed by atoms with Crippen LogP contribution in [-0.4, -0.2) is 23.5 Å². The first-order chi connectivity index (χ1) is 14.8. The topological polar surface area (TPSA) is 21.7 Å². The van der Waals surface area contributed by atoms with Gasteiger partial charge in [-0.15, -0.1) is 0 Å². The second-order valence-electron chi connectivity index (χ2n) is 8.71. The summed E-state index contributed by atoms with van der Waals surface area (Å²) >= 11 is 5.67. The van der Waals surface area contributed by atoms with Gasteiger partial charge in [-0.05, 0) is 64.1 Å². The monoisotopic (exact) mass is 448 g/mol. The molecular formula is C25H28BNO2PS+. The summed E-state index contributed by atoms with van der Waals surface area (Å²) in [6.07, 6.45) is 0. The third-order valence-corrected chi connectivity index (χ3v) is 10.7. The molecule has 31 heavy (non-hydrogen) atoms. The highest BCUT2D eigenvalue weighted by Crippen LogP contribution is 2.66. The highest BCUT2D eigenvalue weighted by atomic mass is 32.1. The predicted octanol–water partition coefficient (Wildman–Crippen LogP) is 5.62. The Balaban J connectivity index is 2.05. The fourth-order valence-electron chi connectivity index (χ4n) is 3.92. The molecule has 0 unspecified atom stereocenters. The summed E-state index contributed by atoms with van der Waals surface area (Å²) in [7, 11) is -2.51. The minimum atomic E-state index is -2.51. The molecule has 0 bridgehead atoms. The quantitative estimate of drug-likeness (QED) is 0.277. The number of rotatable bonds is 6. The lowest BCUT2D eigenvalue weighted by atomic mass is 9.90. The zero-order valence-corrected chi connectivity index (χ0v) is 20.1. The van der Waals surface area contributed by atoms with Gasteiger partial charge >= 0.3 is 6.84 Å². The highest BCUT2D eigenvalue weighted by Gasteiger charge is 2.71. The van der Waals surface area contributed by atoms with Crippen LogP contribution in [0.15, 0.2) is 91.0 Å². The van der Waals surface area contributed by atoms with E-state index in [0.717, 1.165) is 16.3 Å². The molecule has 4 rings (SSSR count). The Hall–Kier alpha value is -2.04. The van der Waals surface area contributed by atoms with Gasteiger partial charge in [0.25, 0.3) is 0 Å². The van der Waals surface area contributed by atoms with Crippen molar-refractivity contribution in [1.82, 2.24) is 0 Å². The van der Waals surface area contributed by atoms with E-state index in [1.165, 1.54) is 0 Å². The summed E-state index contributed by atoms with van der Waals surface area (Å²) < 4.78 is 15.7. The molecule has 0 spiro atoms. The molecule has 1 heterocycles. The SMILES string of the molecule is CC1(C)OB([P+](c2ccccc2)(c2ccccc2)N(C=S)c2ccccc2)OC1(C)C. The largest absolute Gasteiger partial charge is 0.705 e. The van der Waals surface area contributed by atoms with Crippen LogP contribution in [0, 0.1) is 0 Å². The van der Waals surface area contributed by atoms with Crippen LogP contribution in [0.25, 0.3) is 0 Å². The molecule has 1 aliphatic rings. The smallest absolute Gasteiger partial charge is 0.365 e. The average molecular weight is 448 g/mol. The summed E-state index contributed by atoms with van der Waals surface area (Å²) in [6.45, 7) is 7.91. The Labute approximate surface area is 191 Å².